The summed E-state index contributed by atoms with van der Waals surface area (Å²) in [5.41, 5.74) is 1.43. The molecule has 0 heterocycles. The lowest BCUT2D eigenvalue weighted by atomic mass is 9.83. The molecule has 1 saturated carbocycles. The van der Waals surface area contributed by atoms with Crippen LogP contribution in [0.4, 0.5) is 0 Å². The highest BCUT2D eigenvalue weighted by molar-refractivity contribution is 5.79. The molecular formula is C21H35N3O2. The van der Waals surface area contributed by atoms with E-state index in [0.717, 1.165) is 37.6 Å². The third-order valence-electron chi connectivity index (χ3n) is 5.24. The van der Waals surface area contributed by atoms with Crippen LogP contribution in [0.1, 0.15) is 44.6 Å². The predicted molar refractivity (Wildman–Crippen MR) is 108 cm³/mol. The maximum Gasteiger partial charge on any atom is 0.191 e. The van der Waals surface area contributed by atoms with E-state index >= 15 is 0 Å². The molecule has 0 saturated heterocycles. The van der Waals surface area contributed by atoms with Crippen LogP contribution in [0.15, 0.2) is 35.3 Å². The molecule has 0 bridgehead atoms. The molecule has 1 atom stereocenters. The summed E-state index contributed by atoms with van der Waals surface area (Å²) in [5, 5.41) is 16.9. The number of ether oxygens (including phenoxy) is 1. The van der Waals surface area contributed by atoms with Gasteiger partial charge in [-0.3, -0.25) is 4.99 Å². The first kappa shape index (κ1) is 20.7. The summed E-state index contributed by atoms with van der Waals surface area (Å²) in [5.74, 6) is 0.795. The van der Waals surface area contributed by atoms with Crippen molar-refractivity contribution < 1.29 is 9.84 Å². The van der Waals surface area contributed by atoms with Gasteiger partial charge in [0.25, 0.3) is 0 Å². The van der Waals surface area contributed by atoms with Gasteiger partial charge in [0.2, 0.25) is 0 Å². The molecule has 0 aliphatic heterocycles. The predicted octanol–water partition coefficient (Wildman–Crippen LogP) is 2.74. The Kier molecular flexibility index (Phi) is 8.92. The second-order valence-corrected chi connectivity index (χ2v) is 7.37. The number of benzene rings is 1. The van der Waals surface area contributed by atoms with Gasteiger partial charge in [0.1, 0.15) is 0 Å². The van der Waals surface area contributed by atoms with Crippen LogP contribution < -0.4 is 10.6 Å². The zero-order valence-corrected chi connectivity index (χ0v) is 16.3. The van der Waals surface area contributed by atoms with Gasteiger partial charge in [-0.05, 0) is 37.2 Å². The Morgan fingerprint density at radius 2 is 1.96 bits per heavy atom. The van der Waals surface area contributed by atoms with Crippen molar-refractivity contribution in [2.75, 3.05) is 33.4 Å². The van der Waals surface area contributed by atoms with E-state index in [0.29, 0.717) is 13.0 Å². The highest BCUT2D eigenvalue weighted by atomic mass is 16.5. The van der Waals surface area contributed by atoms with Crippen molar-refractivity contribution in [1.82, 2.24) is 10.6 Å². The van der Waals surface area contributed by atoms with Gasteiger partial charge in [0.05, 0.1) is 6.10 Å². The van der Waals surface area contributed by atoms with Crippen molar-refractivity contribution in [2.24, 2.45) is 10.4 Å². The number of nitrogens with zero attached hydrogens (tertiary/aromatic N) is 1. The molecule has 0 aromatic heterocycles. The number of rotatable bonds is 10. The second kappa shape index (κ2) is 11.2. The Hall–Kier alpha value is -1.59. The number of guanidine groups is 1. The monoisotopic (exact) mass is 361 g/mol. The van der Waals surface area contributed by atoms with E-state index in [-0.39, 0.29) is 5.41 Å². The van der Waals surface area contributed by atoms with Crippen molar-refractivity contribution in [3.8, 4) is 0 Å². The van der Waals surface area contributed by atoms with Crippen LogP contribution in [0.2, 0.25) is 0 Å². The number of nitrogens with one attached hydrogen (secondary N) is 2. The summed E-state index contributed by atoms with van der Waals surface area (Å²) in [6, 6.07) is 10.1. The summed E-state index contributed by atoms with van der Waals surface area (Å²) in [6.45, 7) is 4.99. The minimum absolute atomic E-state index is 0.279. The van der Waals surface area contributed by atoms with E-state index in [1.807, 2.05) is 30.3 Å². The van der Waals surface area contributed by atoms with E-state index in [2.05, 4.69) is 17.6 Å². The standard InChI is InChI=1S/C21H35N3O2/c1-3-22-20(23-16-19(25)15-18-9-5-4-6-10-18)24-17-21(13-14-26-2)11-7-8-12-21/h4-6,9-10,19,25H,3,7-8,11-17H2,1-2H3,(H2,22,23,24). The van der Waals surface area contributed by atoms with Crippen molar-refractivity contribution in [1.29, 1.82) is 0 Å². The molecule has 0 amide bonds. The van der Waals surface area contributed by atoms with Crippen LogP contribution in [0.5, 0.6) is 0 Å². The smallest absolute Gasteiger partial charge is 0.191 e. The van der Waals surface area contributed by atoms with Gasteiger partial charge in [-0.15, -0.1) is 0 Å². The Morgan fingerprint density at radius 1 is 1.23 bits per heavy atom. The Labute approximate surface area is 158 Å². The zero-order valence-electron chi connectivity index (χ0n) is 16.3. The number of aliphatic hydroxyl groups excluding tert-OH is 1. The normalized spacial score (nSPS) is 17.9. The van der Waals surface area contributed by atoms with E-state index in [9.17, 15) is 5.11 Å². The second-order valence-electron chi connectivity index (χ2n) is 7.37. The third-order valence-corrected chi connectivity index (χ3v) is 5.24. The van der Waals surface area contributed by atoms with Crippen molar-refractivity contribution in [2.45, 2.75) is 51.6 Å². The van der Waals surface area contributed by atoms with Gasteiger partial charge in [0.15, 0.2) is 5.96 Å². The van der Waals surface area contributed by atoms with Crippen LogP contribution in [0.25, 0.3) is 0 Å². The van der Waals surface area contributed by atoms with Crippen LogP contribution in [0.3, 0.4) is 0 Å². The van der Waals surface area contributed by atoms with E-state index < -0.39 is 6.10 Å². The van der Waals surface area contributed by atoms with E-state index in [1.165, 1.54) is 25.7 Å². The van der Waals surface area contributed by atoms with Crippen molar-refractivity contribution in [3.63, 3.8) is 0 Å². The van der Waals surface area contributed by atoms with Gasteiger partial charge >= 0.3 is 0 Å². The van der Waals surface area contributed by atoms with Gasteiger partial charge in [-0.25, -0.2) is 0 Å². The molecule has 1 unspecified atom stereocenters. The first-order valence-corrected chi connectivity index (χ1v) is 9.90. The lowest BCUT2D eigenvalue weighted by molar-refractivity contribution is 0.141. The molecule has 146 valence electrons. The van der Waals surface area contributed by atoms with Gasteiger partial charge < -0.3 is 20.5 Å². The largest absolute Gasteiger partial charge is 0.391 e. The fourth-order valence-corrected chi connectivity index (χ4v) is 3.69. The molecule has 1 aromatic rings. The van der Waals surface area contributed by atoms with Crippen LogP contribution in [-0.4, -0.2) is 50.5 Å². The fourth-order valence-electron chi connectivity index (χ4n) is 3.69. The van der Waals surface area contributed by atoms with Gasteiger partial charge in [0, 0.05) is 39.8 Å². The first-order valence-electron chi connectivity index (χ1n) is 9.90. The van der Waals surface area contributed by atoms with Crippen molar-refractivity contribution >= 4 is 5.96 Å². The molecule has 1 aromatic carbocycles. The molecule has 3 N–H and O–H groups in total. The lowest BCUT2D eigenvalue weighted by Crippen LogP contribution is -2.42. The maximum atomic E-state index is 10.3. The molecule has 1 aliphatic carbocycles. The molecule has 5 heteroatoms. The zero-order chi connectivity index (χ0) is 18.7. The molecule has 26 heavy (non-hydrogen) atoms. The summed E-state index contributed by atoms with van der Waals surface area (Å²) >= 11 is 0. The van der Waals surface area contributed by atoms with Crippen LogP contribution in [0, 0.1) is 5.41 Å². The first-order chi connectivity index (χ1) is 12.7. The molecule has 5 nitrogen and oxygen atoms in total. The summed E-state index contributed by atoms with van der Waals surface area (Å²) in [4.78, 5) is 4.83. The molecular weight excluding hydrogens is 326 g/mol. The average molecular weight is 362 g/mol. The maximum absolute atomic E-state index is 10.3. The average Bonchev–Trinajstić information content (AvgIpc) is 3.12. The topological polar surface area (TPSA) is 65.9 Å². The highest BCUT2D eigenvalue weighted by Gasteiger charge is 2.33. The lowest BCUT2D eigenvalue weighted by Gasteiger charge is -2.27. The summed E-state index contributed by atoms with van der Waals surface area (Å²) in [7, 11) is 1.77. The number of hydrogen-bond donors (Lipinski definition) is 3. The minimum atomic E-state index is -0.435. The number of hydrogen-bond acceptors (Lipinski definition) is 3. The summed E-state index contributed by atoms with van der Waals surface area (Å²) in [6.07, 6.45) is 6.33. The molecule has 0 spiro atoms. The fraction of sp³-hybridized carbons (Fsp3) is 0.667. The van der Waals surface area contributed by atoms with Gasteiger partial charge in [-0.2, -0.15) is 0 Å². The molecule has 0 radical (unpaired) electrons. The number of aliphatic hydroxyl groups is 1. The SMILES string of the molecule is CCNC(=NCC1(CCOC)CCCC1)NCC(O)Cc1ccccc1. The van der Waals surface area contributed by atoms with E-state index in [4.69, 9.17) is 9.73 Å². The summed E-state index contributed by atoms with van der Waals surface area (Å²) < 4.78 is 5.31. The number of methoxy groups -OCH3 is 1. The van der Waals surface area contributed by atoms with E-state index in [1.54, 1.807) is 7.11 Å². The third kappa shape index (κ3) is 6.96. The highest BCUT2D eigenvalue weighted by Crippen LogP contribution is 2.41. The number of aliphatic imine (C=N–C) groups is 1. The van der Waals surface area contributed by atoms with Gasteiger partial charge in [-0.1, -0.05) is 43.2 Å². The Balaban J connectivity index is 1.87. The molecule has 1 aliphatic rings. The molecule has 2 rings (SSSR count). The van der Waals surface area contributed by atoms with Crippen LogP contribution in [-0.2, 0) is 11.2 Å². The molecule has 1 fully saturated rings. The van der Waals surface area contributed by atoms with Crippen LogP contribution >= 0.6 is 0 Å². The Bertz CT molecular complexity index is 527. The Morgan fingerprint density at radius 3 is 2.62 bits per heavy atom. The minimum Gasteiger partial charge on any atom is -0.391 e. The quantitative estimate of drug-likeness (QED) is 0.443. The van der Waals surface area contributed by atoms with Crippen molar-refractivity contribution in [3.05, 3.63) is 35.9 Å².